The summed E-state index contributed by atoms with van der Waals surface area (Å²) in [4.78, 5) is 55.2. The lowest BCUT2D eigenvalue weighted by molar-refractivity contribution is -0.162. The minimum absolute atomic E-state index is 0.0668. The van der Waals surface area contributed by atoms with E-state index in [2.05, 4.69) is 0 Å². The van der Waals surface area contributed by atoms with Gasteiger partial charge in [-0.15, -0.1) is 11.8 Å². The Hall–Kier alpha value is -2.34. The molecule has 14 nitrogen and oxygen atoms in total. The summed E-state index contributed by atoms with van der Waals surface area (Å²) in [6, 6.07) is -1.24. The smallest absolute Gasteiger partial charge is 0.425 e. The van der Waals surface area contributed by atoms with Crippen LogP contribution in [0.1, 0.15) is 61.8 Å². The van der Waals surface area contributed by atoms with Crippen LogP contribution >= 0.6 is 11.8 Å². The molecule has 17 heteroatoms. The van der Waals surface area contributed by atoms with Crippen molar-refractivity contribution in [1.29, 1.82) is 0 Å². The maximum atomic E-state index is 13.3. The molecule has 2 fully saturated rings. The van der Waals surface area contributed by atoms with Crippen molar-refractivity contribution in [2.45, 2.75) is 116 Å². The lowest BCUT2D eigenvalue weighted by Gasteiger charge is -2.48. The first kappa shape index (κ1) is 37.1. The maximum absolute atomic E-state index is 13.3. The summed E-state index contributed by atoms with van der Waals surface area (Å²) in [7, 11) is -6.57. The predicted octanol–water partition coefficient (Wildman–Crippen LogP) is 3.55. The molecule has 256 valence electrons. The summed E-state index contributed by atoms with van der Waals surface area (Å²) in [5.41, 5.74) is -1.97. The number of carboxylic acids is 1. The summed E-state index contributed by atoms with van der Waals surface area (Å²) < 4.78 is 42.5. The number of carbonyl (C=O) groups is 4. The van der Waals surface area contributed by atoms with Gasteiger partial charge >= 0.3 is 28.4 Å². The van der Waals surface area contributed by atoms with E-state index in [4.69, 9.17) is 19.0 Å². The highest BCUT2D eigenvalue weighted by atomic mass is 32.2. The maximum Gasteiger partial charge on any atom is 0.425 e. The van der Waals surface area contributed by atoms with Gasteiger partial charge in [0.05, 0.1) is 30.7 Å². The van der Waals surface area contributed by atoms with E-state index >= 15 is 0 Å². The number of hydrogen-bond acceptors (Lipinski definition) is 10. The minimum Gasteiger partial charge on any atom is -0.477 e. The lowest BCUT2D eigenvalue weighted by atomic mass is 9.79. The Morgan fingerprint density at radius 1 is 1.11 bits per heavy atom. The van der Waals surface area contributed by atoms with Crippen molar-refractivity contribution in [1.82, 2.24) is 14.1 Å². The van der Waals surface area contributed by atoms with Crippen molar-refractivity contribution in [3.05, 3.63) is 10.6 Å². The van der Waals surface area contributed by atoms with Gasteiger partial charge < -0.3 is 28.8 Å². The number of carboxylic acid groups (broad SMARTS) is 1. The van der Waals surface area contributed by atoms with Crippen LogP contribution < -0.4 is 5.14 Å². The monoisotopic (exact) mass is 692 g/mol. The second-order valence-electron chi connectivity index (χ2n) is 14.8. The predicted molar refractivity (Wildman–Crippen MR) is 171 cm³/mol. The zero-order valence-electron chi connectivity index (χ0n) is 27.9. The second-order valence-corrected chi connectivity index (χ2v) is 22.1. The molecule has 3 rings (SSSR count). The molecule has 0 spiro atoms. The van der Waals surface area contributed by atoms with Crippen molar-refractivity contribution in [2.75, 3.05) is 13.1 Å². The standard InChI is InChI=1S/C28H48N4O10S2Si/c1-15-20-19(16(2)42-45(9,10)11)23(33)32(20)21(24(34)35)22(15)43-18-12-17(30(14-18)25(36)40-27(3,4)5)13-31(44(29,38)39)26(37)41-28(6,7)8/h15-20H,12-14H2,1-11H3,(H,34,35)(H2,29,38,39)/t15-,16-,17+,18+,19-,20-/m1/s1. The van der Waals surface area contributed by atoms with E-state index in [-0.39, 0.29) is 42.6 Å². The molecule has 0 aromatic carbocycles. The fraction of sp³-hybridized carbons (Fsp3) is 0.786. The van der Waals surface area contributed by atoms with Crippen molar-refractivity contribution in [3.63, 3.8) is 0 Å². The van der Waals surface area contributed by atoms with Gasteiger partial charge in [-0.1, -0.05) is 6.92 Å². The van der Waals surface area contributed by atoms with Gasteiger partial charge in [0.25, 0.3) is 0 Å². The molecule has 45 heavy (non-hydrogen) atoms. The largest absolute Gasteiger partial charge is 0.477 e. The SMILES string of the molecule is C[C@@H](O[Si](C)(C)C)[C@H]1C(=O)N2C(C(=O)O)=C(S[C@H]3C[C@@H](CN(C(=O)OC(C)(C)C)S(N)(=O)=O)N(C(=O)OC(C)(C)C)C3)[C@H](C)[C@H]12. The normalized spacial score (nSPS) is 26.4. The number of likely N-dealkylation sites (tertiary alicyclic amines) is 1. The molecule has 3 amide bonds. The zero-order valence-corrected chi connectivity index (χ0v) is 30.6. The number of nitrogens with zero attached hydrogens (tertiary/aromatic N) is 3. The van der Waals surface area contributed by atoms with Crippen LogP contribution in [0.2, 0.25) is 19.6 Å². The molecule has 3 aliphatic heterocycles. The van der Waals surface area contributed by atoms with E-state index in [1.165, 1.54) is 21.6 Å². The molecular weight excluding hydrogens is 645 g/mol. The van der Waals surface area contributed by atoms with Crippen LogP contribution in [0.15, 0.2) is 10.6 Å². The molecule has 0 bridgehead atoms. The third-order valence-corrected chi connectivity index (χ3v) is 10.9. The number of ether oxygens (including phenoxy) is 2. The molecule has 0 aromatic heterocycles. The van der Waals surface area contributed by atoms with Gasteiger partial charge in [-0.3, -0.25) is 4.79 Å². The first-order valence-electron chi connectivity index (χ1n) is 14.9. The fourth-order valence-corrected chi connectivity index (χ4v) is 9.39. The van der Waals surface area contributed by atoms with Crippen LogP contribution in [-0.2, 0) is 33.7 Å². The molecule has 3 heterocycles. The first-order chi connectivity index (χ1) is 20.2. The topological polar surface area (TPSA) is 186 Å². The Kier molecular flexibility index (Phi) is 10.5. The van der Waals surface area contributed by atoms with Crippen LogP contribution in [0.4, 0.5) is 9.59 Å². The van der Waals surface area contributed by atoms with Crippen LogP contribution in [-0.4, -0.2) is 108 Å². The molecule has 0 aliphatic carbocycles. The van der Waals surface area contributed by atoms with E-state index in [1.807, 2.05) is 33.5 Å². The Labute approximate surface area is 271 Å². The van der Waals surface area contributed by atoms with Gasteiger partial charge in [0.1, 0.15) is 16.9 Å². The first-order valence-corrected chi connectivity index (χ1v) is 20.7. The third-order valence-electron chi connectivity index (χ3n) is 7.42. The fourth-order valence-electron chi connectivity index (χ4n) is 5.94. The number of fused-ring (bicyclic) bond motifs is 1. The quantitative estimate of drug-likeness (QED) is 0.266. The summed E-state index contributed by atoms with van der Waals surface area (Å²) in [6.45, 7) is 19.2. The number of β-lactam (4-membered cyclic amide) rings is 1. The van der Waals surface area contributed by atoms with E-state index in [0.717, 1.165) is 0 Å². The van der Waals surface area contributed by atoms with Gasteiger partial charge in [-0.25, -0.2) is 19.5 Å². The highest BCUT2D eigenvalue weighted by molar-refractivity contribution is 8.03. The van der Waals surface area contributed by atoms with Crippen LogP contribution in [0, 0.1) is 11.8 Å². The van der Waals surface area contributed by atoms with Crippen molar-refractivity contribution in [2.24, 2.45) is 17.0 Å². The number of carbonyl (C=O) groups excluding carboxylic acids is 3. The molecule has 0 saturated carbocycles. The number of nitrogens with two attached hydrogens (primary N) is 1. The highest BCUT2D eigenvalue weighted by Crippen LogP contribution is 2.52. The molecule has 0 aromatic rings. The molecule has 3 aliphatic rings. The number of amides is 3. The molecule has 3 N–H and O–H groups in total. The molecule has 0 radical (unpaired) electrons. The van der Waals surface area contributed by atoms with Gasteiger partial charge in [0.2, 0.25) is 5.91 Å². The summed E-state index contributed by atoms with van der Waals surface area (Å²) in [5.74, 6) is -2.35. The van der Waals surface area contributed by atoms with E-state index in [1.54, 1.807) is 41.5 Å². The Bertz CT molecular complexity index is 1350. The van der Waals surface area contributed by atoms with Crippen molar-refractivity contribution in [3.8, 4) is 0 Å². The highest BCUT2D eigenvalue weighted by Gasteiger charge is 2.61. The average Bonchev–Trinajstić information content (AvgIpc) is 3.30. The minimum atomic E-state index is -4.58. The number of aliphatic carboxylic acids is 1. The van der Waals surface area contributed by atoms with Gasteiger partial charge in [0, 0.05) is 22.6 Å². The molecule has 2 saturated heterocycles. The second kappa shape index (κ2) is 12.7. The third kappa shape index (κ3) is 8.72. The van der Waals surface area contributed by atoms with E-state index in [0.29, 0.717) is 9.21 Å². The molecular formula is C28H48N4O10S2Si. The Morgan fingerprint density at radius 3 is 2.13 bits per heavy atom. The van der Waals surface area contributed by atoms with E-state index in [9.17, 15) is 32.7 Å². The van der Waals surface area contributed by atoms with Crippen molar-refractivity contribution < 1.29 is 46.6 Å². The average molecular weight is 693 g/mol. The Morgan fingerprint density at radius 2 is 1.67 bits per heavy atom. The number of rotatable bonds is 9. The molecule has 0 unspecified atom stereocenters. The van der Waals surface area contributed by atoms with Crippen LogP contribution in [0.25, 0.3) is 0 Å². The number of hydrogen-bond donors (Lipinski definition) is 2. The summed E-state index contributed by atoms with van der Waals surface area (Å²) in [5, 5.41) is 15.2. The van der Waals surface area contributed by atoms with Gasteiger partial charge in [0.15, 0.2) is 8.32 Å². The number of thioether (sulfide) groups is 1. The van der Waals surface area contributed by atoms with E-state index < -0.39 is 71.6 Å². The van der Waals surface area contributed by atoms with Gasteiger partial charge in [-0.05, 0) is 74.5 Å². The Balaban J connectivity index is 1.92. The van der Waals surface area contributed by atoms with Gasteiger partial charge in [-0.2, -0.15) is 12.7 Å². The van der Waals surface area contributed by atoms with Crippen LogP contribution in [0.3, 0.4) is 0 Å². The zero-order chi connectivity index (χ0) is 34.6. The lowest BCUT2D eigenvalue weighted by Crippen LogP contribution is -2.64. The van der Waals surface area contributed by atoms with Crippen LogP contribution in [0.5, 0.6) is 0 Å². The summed E-state index contributed by atoms with van der Waals surface area (Å²) >= 11 is 1.24. The summed E-state index contributed by atoms with van der Waals surface area (Å²) in [6.07, 6.45) is -2.12. The van der Waals surface area contributed by atoms with Crippen molar-refractivity contribution >= 4 is 54.4 Å². The molecule has 6 atom stereocenters.